The van der Waals surface area contributed by atoms with E-state index in [-0.39, 0.29) is 5.82 Å². The Bertz CT molecular complexity index is 494. The van der Waals surface area contributed by atoms with Crippen LogP contribution in [0.15, 0.2) is 30.3 Å². The first kappa shape index (κ1) is 14.8. The molecule has 1 aromatic carbocycles. The van der Waals surface area contributed by atoms with Gasteiger partial charge in [-0.3, -0.25) is 0 Å². The van der Waals surface area contributed by atoms with E-state index in [1.807, 2.05) is 12.1 Å². The zero-order chi connectivity index (χ0) is 14.7. The van der Waals surface area contributed by atoms with Crippen LogP contribution in [0.1, 0.15) is 63.9 Å². The van der Waals surface area contributed by atoms with Gasteiger partial charge in [-0.15, -0.1) is 0 Å². The summed E-state index contributed by atoms with van der Waals surface area (Å²) in [7, 11) is 0. The topological polar surface area (TPSA) is 0 Å². The molecular formula is C20H27F. The monoisotopic (exact) mass is 286 g/mol. The molecule has 0 aliphatic heterocycles. The van der Waals surface area contributed by atoms with Gasteiger partial charge in [-0.1, -0.05) is 50.5 Å². The van der Waals surface area contributed by atoms with Gasteiger partial charge < -0.3 is 0 Å². The molecule has 1 saturated carbocycles. The third kappa shape index (κ3) is 3.39. The number of hydrogen-bond donors (Lipinski definition) is 0. The van der Waals surface area contributed by atoms with Crippen molar-refractivity contribution in [1.82, 2.24) is 0 Å². The first-order valence-electron chi connectivity index (χ1n) is 8.71. The summed E-state index contributed by atoms with van der Waals surface area (Å²) in [6.07, 6.45) is 12.8. The summed E-state index contributed by atoms with van der Waals surface area (Å²) in [6, 6.07) is 7.22. The minimum absolute atomic E-state index is 0.0642. The summed E-state index contributed by atoms with van der Waals surface area (Å²) in [5.41, 5.74) is 2.05. The summed E-state index contributed by atoms with van der Waals surface area (Å²) in [5, 5.41) is 0. The van der Waals surface area contributed by atoms with Crippen LogP contribution in [0.2, 0.25) is 0 Å². The van der Waals surface area contributed by atoms with Crippen LogP contribution in [0, 0.1) is 23.6 Å². The number of benzene rings is 1. The van der Waals surface area contributed by atoms with Gasteiger partial charge in [0.25, 0.3) is 0 Å². The van der Waals surface area contributed by atoms with E-state index in [4.69, 9.17) is 0 Å². The highest BCUT2D eigenvalue weighted by Gasteiger charge is 2.28. The van der Waals surface area contributed by atoms with E-state index in [2.05, 4.69) is 13.0 Å². The predicted octanol–water partition coefficient (Wildman–Crippen LogP) is 6.23. The maximum atomic E-state index is 13.9. The second-order valence-corrected chi connectivity index (χ2v) is 6.93. The molecule has 0 amide bonds. The molecule has 2 aliphatic carbocycles. The van der Waals surface area contributed by atoms with Crippen LogP contribution in [0.5, 0.6) is 0 Å². The minimum atomic E-state index is -0.0642. The standard InChI is InChI=1S/C20H27F/c1-2-15-7-9-16(10-8-15)17-11-13-18(14-12-17)19-5-3-4-6-20(19)21/h3-6,13,15-17H,2,7-12,14H2,1H3. The van der Waals surface area contributed by atoms with Gasteiger partial charge in [0.2, 0.25) is 0 Å². The van der Waals surface area contributed by atoms with E-state index < -0.39 is 0 Å². The predicted molar refractivity (Wildman–Crippen MR) is 87.5 cm³/mol. The Labute approximate surface area is 128 Å². The van der Waals surface area contributed by atoms with Gasteiger partial charge in [0, 0.05) is 5.56 Å². The average Bonchev–Trinajstić information content (AvgIpc) is 2.56. The summed E-state index contributed by atoms with van der Waals surface area (Å²) in [6.45, 7) is 2.33. The molecule has 3 rings (SSSR count). The summed E-state index contributed by atoms with van der Waals surface area (Å²) in [4.78, 5) is 0. The van der Waals surface area contributed by atoms with Crippen LogP contribution in [-0.4, -0.2) is 0 Å². The van der Waals surface area contributed by atoms with Crippen molar-refractivity contribution in [2.24, 2.45) is 17.8 Å². The molecule has 114 valence electrons. The average molecular weight is 286 g/mol. The van der Waals surface area contributed by atoms with E-state index in [0.29, 0.717) is 0 Å². The van der Waals surface area contributed by atoms with Crippen molar-refractivity contribution in [1.29, 1.82) is 0 Å². The molecule has 0 bridgehead atoms. The lowest BCUT2D eigenvalue weighted by atomic mass is 9.70. The number of hydrogen-bond acceptors (Lipinski definition) is 0. The smallest absolute Gasteiger partial charge is 0.130 e. The van der Waals surface area contributed by atoms with E-state index in [0.717, 1.165) is 36.2 Å². The molecule has 0 spiro atoms. The molecule has 2 aliphatic rings. The second kappa shape index (κ2) is 6.77. The summed E-state index contributed by atoms with van der Waals surface area (Å²) in [5.74, 6) is 2.68. The van der Waals surface area contributed by atoms with E-state index in [1.54, 1.807) is 12.1 Å². The molecule has 1 fully saturated rings. The molecule has 1 aromatic rings. The Balaban J connectivity index is 1.61. The molecule has 0 N–H and O–H groups in total. The SMILES string of the molecule is CCC1CCC(C2CC=C(c3ccccc3F)CC2)CC1. The summed E-state index contributed by atoms with van der Waals surface area (Å²) < 4.78 is 13.9. The van der Waals surface area contributed by atoms with Crippen molar-refractivity contribution in [3.63, 3.8) is 0 Å². The minimum Gasteiger partial charge on any atom is -0.206 e. The fourth-order valence-corrected chi connectivity index (χ4v) is 4.32. The van der Waals surface area contributed by atoms with Gasteiger partial charge in [-0.2, -0.15) is 0 Å². The van der Waals surface area contributed by atoms with Crippen molar-refractivity contribution in [2.45, 2.75) is 58.3 Å². The number of rotatable bonds is 3. The van der Waals surface area contributed by atoms with Gasteiger partial charge in [-0.05, 0) is 61.5 Å². The number of allylic oxidation sites excluding steroid dienone is 2. The first-order chi connectivity index (χ1) is 10.3. The summed E-state index contributed by atoms with van der Waals surface area (Å²) >= 11 is 0. The molecule has 21 heavy (non-hydrogen) atoms. The highest BCUT2D eigenvalue weighted by Crippen LogP contribution is 2.41. The molecule has 1 atom stereocenters. The van der Waals surface area contributed by atoms with Gasteiger partial charge in [0.15, 0.2) is 0 Å². The van der Waals surface area contributed by atoms with E-state index >= 15 is 0 Å². The van der Waals surface area contributed by atoms with Gasteiger partial charge in [-0.25, -0.2) is 4.39 Å². The maximum absolute atomic E-state index is 13.9. The van der Waals surface area contributed by atoms with Crippen LogP contribution >= 0.6 is 0 Å². The lowest BCUT2D eigenvalue weighted by Gasteiger charge is -2.35. The van der Waals surface area contributed by atoms with Crippen molar-refractivity contribution in [3.8, 4) is 0 Å². The highest BCUT2D eigenvalue weighted by atomic mass is 19.1. The third-order valence-corrected chi connectivity index (χ3v) is 5.81. The largest absolute Gasteiger partial charge is 0.206 e. The van der Waals surface area contributed by atoms with Crippen molar-refractivity contribution < 1.29 is 4.39 Å². The van der Waals surface area contributed by atoms with Crippen LogP contribution in [0.3, 0.4) is 0 Å². The molecular weight excluding hydrogens is 259 g/mol. The zero-order valence-corrected chi connectivity index (χ0v) is 13.2. The van der Waals surface area contributed by atoms with Crippen molar-refractivity contribution in [3.05, 3.63) is 41.7 Å². The fraction of sp³-hybridized carbons (Fsp3) is 0.600. The fourth-order valence-electron chi connectivity index (χ4n) is 4.32. The van der Waals surface area contributed by atoms with Crippen molar-refractivity contribution >= 4 is 5.57 Å². The van der Waals surface area contributed by atoms with Crippen LogP contribution in [0.4, 0.5) is 4.39 Å². The molecule has 0 heterocycles. The normalized spacial score (nSPS) is 30.0. The Kier molecular flexibility index (Phi) is 4.77. The Hall–Kier alpha value is -1.11. The molecule has 0 aromatic heterocycles. The van der Waals surface area contributed by atoms with Crippen LogP contribution in [-0.2, 0) is 0 Å². The highest BCUT2D eigenvalue weighted by molar-refractivity contribution is 5.66. The van der Waals surface area contributed by atoms with Crippen molar-refractivity contribution in [2.75, 3.05) is 0 Å². The maximum Gasteiger partial charge on any atom is 0.130 e. The molecule has 1 heteroatoms. The second-order valence-electron chi connectivity index (χ2n) is 6.93. The first-order valence-corrected chi connectivity index (χ1v) is 8.71. The van der Waals surface area contributed by atoms with Gasteiger partial charge >= 0.3 is 0 Å². The Morgan fingerprint density at radius 2 is 1.76 bits per heavy atom. The third-order valence-electron chi connectivity index (χ3n) is 5.81. The van der Waals surface area contributed by atoms with Gasteiger partial charge in [0.1, 0.15) is 5.82 Å². The molecule has 0 nitrogen and oxygen atoms in total. The number of halogens is 1. The van der Waals surface area contributed by atoms with Crippen LogP contribution in [0.25, 0.3) is 5.57 Å². The molecule has 0 saturated heterocycles. The lowest BCUT2D eigenvalue weighted by molar-refractivity contribution is 0.192. The molecule has 1 unspecified atom stereocenters. The van der Waals surface area contributed by atoms with Crippen LogP contribution < -0.4 is 0 Å². The molecule has 0 radical (unpaired) electrons. The quantitative estimate of drug-likeness (QED) is 0.618. The zero-order valence-electron chi connectivity index (χ0n) is 13.2. The van der Waals surface area contributed by atoms with E-state index in [9.17, 15) is 4.39 Å². The Morgan fingerprint density at radius 3 is 2.38 bits per heavy atom. The Morgan fingerprint density at radius 1 is 1.00 bits per heavy atom. The van der Waals surface area contributed by atoms with Gasteiger partial charge in [0.05, 0.1) is 0 Å². The lowest BCUT2D eigenvalue weighted by Crippen LogP contribution is -2.23. The van der Waals surface area contributed by atoms with E-state index in [1.165, 1.54) is 44.1 Å².